The Morgan fingerprint density at radius 1 is 1.45 bits per heavy atom. The van der Waals surface area contributed by atoms with Crippen molar-refractivity contribution in [3.63, 3.8) is 0 Å². The highest BCUT2D eigenvalue weighted by atomic mass is 35.5. The number of rotatable bonds is 1. The van der Waals surface area contributed by atoms with Gasteiger partial charge in [-0.3, -0.25) is 0 Å². The third-order valence-electron chi connectivity index (χ3n) is 2.23. The zero-order valence-electron chi connectivity index (χ0n) is 6.80. The molecule has 1 aliphatic heterocycles. The van der Waals surface area contributed by atoms with Crippen LogP contribution in [0.25, 0.3) is 0 Å². The lowest BCUT2D eigenvalue weighted by atomic mass is 10.0. The van der Waals surface area contributed by atoms with Crippen molar-refractivity contribution in [3.05, 3.63) is 0 Å². The third-order valence-corrected chi connectivity index (χ3v) is 4.16. The number of quaternary nitrogens is 1. The Hall–Kier alpha value is 0.200. The molecule has 1 atom stereocenters. The van der Waals surface area contributed by atoms with Crippen LogP contribution >= 0.6 is 0 Å². The molecule has 2 N–H and O–H groups in total. The van der Waals surface area contributed by atoms with E-state index in [2.05, 4.69) is 0 Å². The average Bonchev–Trinajstić information content (AvgIpc) is 2.08. The topological polar surface area (TPSA) is 50.8 Å². The second-order valence-corrected chi connectivity index (χ2v) is 5.47. The molecule has 1 unspecified atom stereocenters. The third kappa shape index (κ3) is 2.61. The highest BCUT2D eigenvalue weighted by Crippen LogP contribution is 2.18. The molecular weight excluding hydrogens is 186 g/mol. The molecule has 1 rings (SSSR count). The number of nitrogens with two attached hydrogens (primary N) is 1. The summed E-state index contributed by atoms with van der Waals surface area (Å²) in [6.45, 7) is 2.00. The number of hydrogen-bond donors (Lipinski definition) is 1. The van der Waals surface area contributed by atoms with Crippen LogP contribution in [0.3, 0.4) is 0 Å². The molecule has 0 aliphatic carbocycles. The first kappa shape index (κ1) is 11.2. The minimum absolute atomic E-state index is 0. The van der Waals surface area contributed by atoms with E-state index in [-0.39, 0.29) is 17.9 Å². The van der Waals surface area contributed by atoms with E-state index in [9.17, 15) is 8.42 Å². The molecule has 11 heavy (non-hydrogen) atoms. The van der Waals surface area contributed by atoms with E-state index in [1.807, 2.05) is 19.3 Å². The smallest absolute Gasteiger partial charge is 0.156 e. The van der Waals surface area contributed by atoms with E-state index < -0.39 is 9.84 Å². The van der Waals surface area contributed by atoms with Gasteiger partial charge in [-0.25, -0.2) is 8.42 Å². The summed E-state index contributed by atoms with van der Waals surface area (Å²) < 4.78 is 22.0. The maximum atomic E-state index is 11.0. The fourth-order valence-electron chi connectivity index (χ4n) is 1.26. The largest absolute Gasteiger partial charge is 1.00 e. The molecule has 0 aromatic carbocycles. The summed E-state index contributed by atoms with van der Waals surface area (Å²) in [7, 11) is -0.766. The first-order chi connectivity index (χ1) is 4.47. The first-order valence-electron chi connectivity index (χ1n) is 3.48. The maximum Gasteiger partial charge on any atom is 0.156 e. The molecule has 1 heterocycles. The van der Waals surface area contributed by atoms with E-state index in [4.69, 9.17) is 0 Å². The molecule has 1 saturated heterocycles. The predicted molar refractivity (Wildman–Crippen MR) is 39.5 cm³/mol. The van der Waals surface area contributed by atoms with Crippen molar-refractivity contribution in [3.8, 4) is 0 Å². The lowest BCUT2D eigenvalue weighted by molar-refractivity contribution is -0.694. The molecule has 0 saturated carbocycles. The summed E-state index contributed by atoms with van der Waals surface area (Å²) >= 11 is 0. The van der Waals surface area contributed by atoms with Gasteiger partial charge in [-0.2, -0.15) is 0 Å². The van der Waals surface area contributed by atoms with Gasteiger partial charge in [-0.05, 0) is 6.92 Å². The van der Waals surface area contributed by atoms with E-state index in [0.29, 0.717) is 11.5 Å². The fraction of sp³-hybridized carbons (Fsp3) is 1.00. The van der Waals surface area contributed by atoms with Crippen molar-refractivity contribution < 1.29 is 26.1 Å². The molecule has 0 bridgehead atoms. The van der Waals surface area contributed by atoms with Crippen molar-refractivity contribution in [2.75, 3.05) is 18.6 Å². The zero-order chi connectivity index (χ0) is 7.83. The van der Waals surface area contributed by atoms with Crippen molar-refractivity contribution in [2.24, 2.45) is 0 Å². The Morgan fingerprint density at radius 3 is 2.18 bits per heavy atom. The Kier molecular flexibility index (Phi) is 3.35. The standard InChI is InChI=1S/C6H13NO2S.ClH/c1-6(7-2)3-4-10(8,9)5-6;/h7H,3-5H2,1-2H3;1H. The predicted octanol–water partition coefficient (Wildman–Crippen LogP) is -4.24. The van der Waals surface area contributed by atoms with E-state index >= 15 is 0 Å². The highest BCUT2D eigenvalue weighted by molar-refractivity contribution is 7.91. The van der Waals surface area contributed by atoms with Crippen LogP contribution in [0.2, 0.25) is 0 Å². The Balaban J connectivity index is 0.000001000. The van der Waals surface area contributed by atoms with Gasteiger partial charge >= 0.3 is 0 Å². The van der Waals surface area contributed by atoms with Crippen LogP contribution in [-0.4, -0.2) is 32.5 Å². The van der Waals surface area contributed by atoms with Crippen molar-refractivity contribution in [2.45, 2.75) is 18.9 Å². The van der Waals surface area contributed by atoms with Gasteiger partial charge in [0.15, 0.2) is 9.84 Å². The van der Waals surface area contributed by atoms with Crippen LogP contribution in [0.5, 0.6) is 0 Å². The van der Waals surface area contributed by atoms with Gasteiger partial charge in [0.1, 0.15) is 11.3 Å². The summed E-state index contributed by atoms with van der Waals surface area (Å²) in [5.74, 6) is 0.713. The minimum atomic E-state index is -2.70. The molecule has 0 aromatic rings. The van der Waals surface area contributed by atoms with Crippen LogP contribution < -0.4 is 17.7 Å². The first-order valence-corrected chi connectivity index (χ1v) is 5.31. The number of halogens is 1. The normalized spacial score (nSPS) is 34.7. The number of sulfone groups is 1. The second-order valence-electron chi connectivity index (χ2n) is 3.28. The molecule has 0 aromatic heterocycles. The monoisotopic (exact) mass is 199 g/mol. The van der Waals surface area contributed by atoms with E-state index in [1.54, 1.807) is 0 Å². The lowest BCUT2D eigenvalue weighted by Crippen LogP contribution is -3.00. The molecule has 1 fully saturated rings. The molecule has 0 radical (unpaired) electrons. The highest BCUT2D eigenvalue weighted by Gasteiger charge is 2.40. The van der Waals surface area contributed by atoms with Crippen molar-refractivity contribution in [1.29, 1.82) is 0 Å². The summed E-state index contributed by atoms with van der Waals surface area (Å²) in [6.07, 6.45) is 0.797. The van der Waals surface area contributed by atoms with Crippen LogP contribution in [-0.2, 0) is 9.84 Å². The minimum Gasteiger partial charge on any atom is -1.00 e. The maximum absolute atomic E-state index is 11.0. The SMILES string of the molecule is C[NH2+]C1(C)CCS(=O)(=O)C1.[Cl-]. The quantitative estimate of drug-likeness (QED) is 0.465. The molecule has 0 amide bonds. The fourth-order valence-corrected chi connectivity index (χ4v) is 3.50. The van der Waals surface area contributed by atoms with Gasteiger partial charge in [-0.1, -0.05) is 0 Å². The Bertz CT molecular complexity index is 227. The van der Waals surface area contributed by atoms with Gasteiger partial charge in [0.25, 0.3) is 0 Å². The molecule has 1 aliphatic rings. The molecule has 3 nitrogen and oxygen atoms in total. The summed E-state index contributed by atoms with van der Waals surface area (Å²) in [5.41, 5.74) is -0.0428. The summed E-state index contributed by atoms with van der Waals surface area (Å²) in [6, 6.07) is 0. The van der Waals surface area contributed by atoms with Crippen LogP contribution in [0, 0.1) is 0 Å². The Labute approximate surface area is 73.9 Å². The summed E-state index contributed by atoms with van der Waals surface area (Å²) in [4.78, 5) is 0. The Morgan fingerprint density at radius 2 is 2.00 bits per heavy atom. The van der Waals surface area contributed by atoms with Gasteiger partial charge in [0, 0.05) is 6.42 Å². The van der Waals surface area contributed by atoms with Gasteiger partial charge in [0.05, 0.1) is 12.8 Å². The zero-order valence-corrected chi connectivity index (χ0v) is 8.37. The van der Waals surface area contributed by atoms with Crippen LogP contribution in [0.15, 0.2) is 0 Å². The molecule has 68 valence electrons. The second kappa shape index (κ2) is 3.29. The van der Waals surface area contributed by atoms with Crippen LogP contribution in [0.4, 0.5) is 0 Å². The molecule has 5 heteroatoms. The molecule has 0 spiro atoms. The molecular formula is C6H14ClNO2S. The van der Waals surface area contributed by atoms with Crippen LogP contribution in [0.1, 0.15) is 13.3 Å². The number of hydrogen-bond acceptors (Lipinski definition) is 2. The summed E-state index contributed by atoms with van der Waals surface area (Å²) in [5, 5.41) is 2.00. The van der Waals surface area contributed by atoms with E-state index in [1.165, 1.54) is 0 Å². The van der Waals surface area contributed by atoms with Crippen molar-refractivity contribution in [1.82, 2.24) is 0 Å². The van der Waals surface area contributed by atoms with E-state index in [0.717, 1.165) is 6.42 Å². The average molecular weight is 200 g/mol. The van der Waals surface area contributed by atoms with Crippen molar-refractivity contribution >= 4 is 9.84 Å². The van der Waals surface area contributed by atoms with Gasteiger partial charge in [-0.15, -0.1) is 0 Å². The lowest BCUT2D eigenvalue weighted by Gasteiger charge is -2.15. The van der Waals surface area contributed by atoms with Gasteiger partial charge < -0.3 is 17.7 Å². The van der Waals surface area contributed by atoms with Gasteiger partial charge in [0.2, 0.25) is 0 Å².